The standard InChI is InChI=1S/C24H21Cl3F4N2O2/c1-4-7-33-23(35)12(3)20-11(2)14(22(32)34)5-6-15(20)19(28)10-16(24(29,30)31)13-8-17(25)21(27)18(26)9-13/h4-6,8-10,12,16H,1,7H2,2-3H3,(H2,32,34)(H,33,35)/b19-10-/t12-,16?/m1/s1. The number of amides is 2. The van der Waals surface area contributed by atoms with Crippen molar-refractivity contribution >= 4 is 52.4 Å². The summed E-state index contributed by atoms with van der Waals surface area (Å²) in [5, 5.41) is 1.95. The summed E-state index contributed by atoms with van der Waals surface area (Å²) in [4.78, 5) is 24.4. The Kier molecular flexibility index (Phi) is 9.39. The number of hydrogen-bond donors (Lipinski definition) is 2. The smallest absolute Gasteiger partial charge is 0.366 e. The summed E-state index contributed by atoms with van der Waals surface area (Å²) in [7, 11) is 0. The number of allylic oxidation sites excluding steroid dienone is 1. The Bertz CT molecular complexity index is 1170. The van der Waals surface area contributed by atoms with Gasteiger partial charge in [-0.25, -0.2) is 4.39 Å². The van der Waals surface area contributed by atoms with E-state index in [4.69, 9.17) is 40.5 Å². The van der Waals surface area contributed by atoms with Crippen molar-refractivity contribution in [1.82, 2.24) is 5.32 Å². The molecule has 0 fully saturated rings. The third-order valence-electron chi connectivity index (χ3n) is 5.32. The molecular formula is C24H21Cl3F4N2O2. The molecule has 0 saturated carbocycles. The second kappa shape index (κ2) is 11.5. The summed E-state index contributed by atoms with van der Waals surface area (Å²) < 4.78 is 57.4. The van der Waals surface area contributed by atoms with E-state index in [1.54, 1.807) is 0 Å². The molecule has 2 atom stereocenters. The van der Waals surface area contributed by atoms with Crippen molar-refractivity contribution in [2.24, 2.45) is 5.73 Å². The van der Waals surface area contributed by atoms with Gasteiger partial charge in [0.2, 0.25) is 11.8 Å². The number of benzene rings is 2. The first-order valence-corrected chi connectivity index (χ1v) is 11.2. The third kappa shape index (κ3) is 6.57. The summed E-state index contributed by atoms with van der Waals surface area (Å²) in [6.07, 6.45) is -3.14. The molecule has 0 heterocycles. The lowest BCUT2D eigenvalue weighted by molar-refractivity contribution is -0.139. The minimum absolute atomic E-state index is 0.00329. The SMILES string of the molecule is C=CCNC(=O)[C@H](C)c1c(/C(F)=C/C(c2cc(Cl)c(Cl)c(Cl)c2)C(F)(F)F)ccc(C(N)=O)c1C. The molecule has 0 aliphatic heterocycles. The summed E-state index contributed by atoms with van der Waals surface area (Å²) in [6, 6.07) is 4.20. The highest BCUT2D eigenvalue weighted by Gasteiger charge is 2.40. The lowest BCUT2D eigenvalue weighted by Crippen LogP contribution is -2.29. The van der Waals surface area contributed by atoms with E-state index in [2.05, 4.69) is 11.9 Å². The van der Waals surface area contributed by atoms with Crippen molar-refractivity contribution in [3.8, 4) is 0 Å². The van der Waals surface area contributed by atoms with Crippen molar-refractivity contribution in [3.05, 3.63) is 85.9 Å². The van der Waals surface area contributed by atoms with Gasteiger partial charge < -0.3 is 11.1 Å². The maximum Gasteiger partial charge on any atom is 0.399 e. The average Bonchev–Trinajstić information content (AvgIpc) is 2.77. The number of carbonyl (C=O) groups is 2. The number of primary amides is 1. The van der Waals surface area contributed by atoms with E-state index in [9.17, 15) is 22.8 Å². The predicted octanol–water partition coefficient (Wildman–Crippen LogP) is 7.12. The van der Waals surface area contributed by atoms with Crippen LogP contribution in [-0.4, -0.2) is 24.5 Å². The van der Waals surface area contributed by atoms with Gasteiger partial charge in [-0.05, 0) is 54.8 Å². The number of alkyl halides is 3. The van der Waals surface area contributed by atoms with Crippen LogP contribution in [0.1, 0.15) is 51.4 Å². The van der Waals surface area contributed by atoms with E-state index >= 15 is 4.39 Å². The lowest BCUT2D eigenvalue weighted by atomic mass is 9.86. The normalized spacial score (nSPS) is 13.8. The van der Waals surface area contributed by atoms with Crippen LogP contribution in [0.4, 0.5) is 17.6 Å². The van der Waals surface area contributed by atoms with E-state index in [1.807, 2.05) is 0 Å². The largest absolute Gasteiger partial charge is 0.399 e. The minimum Gasteiger partial charge on any atom is -0.366 e. The fourth-order valence-corrected chi connectivity index (χ4v) is 4.20. The van der Waals surface area contributed by atoms with Gasteiger partial charge in [-0.1, -0.05) is 46.9 Å². The minimum atomic E-state index is -4.92. The van der Waals surface area contributed by atoms with Crippen LogP contribution in [0.2, 0.25) is 15.1 Å². The number of nitrogens with two attached hydrogens (primary N) is 1. The molecular weight excluding hydrogens is 531 g/mol. The van der Waals surface area contributed by atoms with E-state index in [-0.39, 0.29) is 43.9 Å². The van der Waals surface area contributed by atoms with Crippen LogP contribution < -0.4 is 11.1 Å². The van der Waals surface area contributed by atoms with Gasteiger partial charge in [-0.2, -0.15) is 13.2 Å². The van der Waals surface area contributed by atoms with Gasteiger partial charge in [-0.3, -0.25) is 9.59 Å². The molecule has 2 amide bonds. The van der Waals surface area contributed by atoms with E-state index in [0.717, 1.165) is 18.2 Å². The summed E-state index contributed by atoms with van der Waals surface area (Å²) in [5.41, 5.74) is 4.83. The number of halogens is 7. The first-order chi connectivity index (χ1) is 16.2. The van der Waals surface area contributed by atoms with Gasteiger partial charge >= 0.3 is 6.18 Å². The summed E-state index contributed by atoms with van der Waals surface area (Å²) in [6.45, 7) is 6.47. The zero-order valence-corrected chi connectivity index (χ0v) is 20.8. The molecule has 0 aliphatic rings. The zero-order valence-electron chi connectivity index (χ0n) is 18.6. The Balaban J connectivity index is 2.73. The van der Waals surface area contributed by atoms with Gasteiger partial charge in [0.25, 0.3) is 0 Å². The number of hydrogen-bond acceptors (Lipinski definition) is 2. The molecule has 4 nitrogen and oxygen atoms in total. The first kappa shape index (κ1) is 28.7. The van der Waals surface area contributed by atoms with Gasteiger partial charge in [0.1, 0.15) is 11.7 Å². The van der Waals surface area contributed by atoms with Gasteiger partial charge in [0.05, 0.1) is 21.0 Å². The molecule has 0 bridgehead atoms. The average molecular weight is 552 g/mol. The Morgan fingerprint density at radius 1 is 1.14 bits per heavy atom. The molecule has 2 rings (SSSR count). The highest BCUT2D eigenvalue weighted by atomic mass is 35.5. The molecule has 11 heteroatoms. The van der Waals surface area contributed by atoms with Crippen LogP contribution in [0, 0.1) is 6.92 Å². The van der Waals surface area contributed by atoms with E-state index < -0.39 is 41.2 Å². The summed E-state index contributed by atoms with van der Waals surface area (Å²) in [5.74, 6) is -6.13. The van der Waals surface area contributed by atoms with Crippen LogP contribution >= 0.6 is 34.8 Å². The number of rotatable bonds is 8. The number of carbonyl (C=O) groups excluding carboxylic acids is 2. The molecule has 188 valence electrons. The molecule has 2 aromatic rings. The molecule has 2 aromatic carbocycles. The maximum absolute atomic E-state index is 15.5. The molecule has 3 N–H and O–H groups in total. The second-order valence-corrected chi connectivity index (χ2v) is 8.84. The fraction of sp³-hybridized carbons (Fsp3) is 0.250. The van der Waals surface area contributed by atoms with Crippen molar-refractivity contribution in [1.29, 1.82) is 0 Å². The second-order valence-electron chi connectivity index (χ2n) is 7.65. The molecule has 35 heavy (non-hydrogen) atoms. The Morgan fingerprint density at radius 2 is 1.69 bits per heavy atom. The Hall–Kier alpha value is -2.55. The van der Waals surface area contributed by atoms with Crippen LogP contribution in [-0.2, 0) is 4.79 Å². The molecule has 0 aromatic heterocycles. The molecule has 0 spiro atoms. The molecule has 0 aliphatic carbocycles. The third-order valence-corrected chi connectivity index (χ3v) is 6.51. The Morgan fingerprint density at radius 3 is 2.17 bits per heavy atom. The Labute approximate surface area is 214 Å². The monoisotopic (exact) mass is 550 g/mol. The lowest BCUT2D eigenvalue weighted by Gasteiger charge is -2.22. The van der Waals surface area contributed by atoms with E-state index in [0.29, 0.717) is 6.08 Å². The number of nitrogens with one attached hydrogen (secondary N) is 1. The zero-order chi connectivity index (χ0) is 26.7. The van der Waals surface area contributed by atoms with Gasteiger partial charge in [0, 0.05) is 17.7 Å². The maximum atomic E-state index is 15.5. The van der Waals surface area contributed by atoms with Crippen molar-refractivity contribution in [3.63, 3.8) is 0 Å². The topological polar surface area (TPSA) is 72.2 Å². The van der Waals surface area contributed by atoms with Crippen LogP contribution in [0.15, 0.2) is 43.0 Å². The van der Waals surface area contributed by atoms with Gasteiger partial charge in [0.15, 0.2) is 0 Å². The van der Waals surface area contributed by atoms with Crippen molar-refractivity contribution < 1.29 is 27.2 Å². The molecule has 1 unspecified atom stereocenters. The quantitative estimate of drug-likeness (QED) is 0.208. The van der Waals surface area contributed by atoms with Crippen LogP contribution in [0.25, 0.3) is 5.83 Å². The fourth-order valence-electron chi connectivity index (χ4n) is 3.59. The highest BCUT2D eigenvalue weighted by molar-refractivity contribution is 6.48. The van der Waals surface area contributed by atoms with E-state index in [1.165, 1.54) is 26.0 Å². The molecule has 0 saturated heterocycles. The predicted molar refractivity (Wildman–Crippen MR) is 131 cm³/mol. The van der Waals surface area contributed by atoms with Crippen molar-refractivity contribution in [2.75, 3.05) is 6.54 Å². The van der Waals surface area contributed by atoms with Crippen molar-refractivity contribution in [2.45, 2.75) is 31.9 Å². The first-order valence-electron chi connectivity index (χ1n) is 10.1. The highest BCUT2D eigenvalue weighted by Crippen LogP contribution is 2.43. The van der Waals surface area contributed by atoms with Crippen LogP contribution in [0.3, 0.4) is 0 Å². The van der Waals surface area contributed by atoms with Gasteiger partial charge in [-0.15, -0.1) is 6.58 Å². The summed E-state index contributed by atoms with van der Waals surface area (Å²) >= 11 is 17.6. The molecule has 0 radical (unpaired) electrons. The van der Waals surface area contributed by atoms with Crippen LogP contribution in [0.5, 0.6) is 0 Å².